The molecule has 1 amide bonds. The molecule has 1 saturated heterocycles. The Labute approximate surface area is 190 Å². The summed E-state index contributed by atoms with van der Waals surface area (Å²) in [7, 11) is 0. The van der Waals surface area contributed by atoms with Gasteiger partial charge < -0.3 is 9.32 Å². The van der Waals surface area contributed by atoms with E-state index < -0.39 is 0 Å². The van der Waals surface area contributed by atoms with Gasteiger partial charge in [-0.3, -0.25) is 14.8 Å². The number of likely N-dealkylation sites (tertiary alicyclic amines) is 1. The molecule has 4 heterocycles. The molecule has 2 aromatic carbocycles. The summed E-state index contributed by atoms with van der Waals surface area (Å²) in [5.74, 6) is 0.792. The lowest BCUT2D eigenvalue weighted by Crippen LogP contribution is -2.38. The van der Waals surface area contributed by atoms with E-state index in [-0.39, 0.29) is 11.9 Å². The van der Waals surface area contributed by atoms with Crippen molar-refractivity contribution in [3.63, 3.8) is 0 Å². The average Bonchev–Trinajstić information content (AvgIpc) is 3.37. The van der Waals surface area contributed by atoms with Gasteiger partial charge in [0.25, 0.3) is 11.8 Å². The van der Waals surface area contributed by atoms with Gasteiger partial charge in [-0.15, -0.1) is 10.2 Å². The zero-order chi connectivity index (χ0) is 22.2. The highest BCUT2D eigenvalue weighted by atomic mass is 16.4. The fraction of sp³-hybridized carbons (Fsp3) is 0.192. The Morgan fingerprint density at radius 1 is 0.909 bits per heavy atom. The predicted molar refractivity (Wildman–Crippen MR) is 124 cm³/mol. The van der Waals surface area contributed by atoms with Crippen molar-refractivity contribution < 1.29 is 9.21 Å². The van der Waals surface area contributed by atoms with Crippen LogP contribution in [-0.2, 0) is 0 Å². The number of aromatic nitrogens is 4. The molecule has 0 bridgehead atoms. The van der Waals surface area contributed by atoms with Crippen LogP contribution in [0.2, 0.25) is 0 Å². The maximum Gasteiger partial charge on any atom is 0.267 e. The molecule has 0 aliphatic carbocycles. The number of pyridine rings is 2. The van der Waals surface area contributed by atoms with E-state index in [0.29, 0.717) is 29.6 Å². The van der Waals surface area contributed by atoms with Gasteiger partial charge in [-0.2, -0.15) is 0 Å². The molecule has 0 saturated carbocycles. The zero-order valence-electron chi connectivity index (χ0n) is 17.9. The van der Waals surface area contributed by atoms with Crippen molar-refractivity contribution in [1.29, 1.82) is 0 Å². The summed E-state index contributed by atoms with van der Waals surface area (Å²) < 4.78 is 6.12. The molecular weight excluding hydrogens is 414 g/mol. The molecule has 0 radical (unpaired) electrons. The molecule has 7 heteroatoms. The number of carbonyl (C=O) groups excluding carboxylic acids is 1. The second kappa shape index (κ2) is 8.09. The van der Waals surface area contributed by atoms with Crippen LogP contribution in [0.4, 0.5) is 0 Å². The van der Waals surface area contributed by atoms with Crippen molar-refractivity contribution in [2.24, 2.45) is 0 Å². The Morgan fingerprint density at radius 2 is 1.82 bits per heavy atom. The lowest BCUT2D eigenvalue weighted by atomic mass is 10.00. The monoisotopic (exact) mass is 435 g/mol. The van der Waals surface area contributed by atoms with E-state index in [1.807, 2.05) is 65.6 Å². The number of hydrogen-bond acceptors (Lipinski definition) is 6. The SMILES string of the molecule is O=C(c1ccc2ncccc2c1)N1CCCC[C@@H]1c1nnc(-c2nccc3ccccc23)o1. The second-order valence-electron chi connectivity index (χ2n) is 8.25. The number of fused-ring (bicyclic) bond motifs is 2. The van der Waals surface area contributed by atoms with Gasteiger partial charge in [0.1, 0.15) is 11.7 Å². The van der Waals surface area contributed by atoms with Crippen LogP contribution in [0.1, 0.15) is 41.6 Å². The molecule has 7 nitrogen and oxygen atoms in total. The largest absolute Gasteiger partial charge is 0.417 e. The van der Waals surface area contributed by atoms with Crippen molar-refractivity contribution in [3.8, 4) is 11.6 Å². The van der Waals surface area contributed by atoms with Gasteiger partial charge in [0, 0.05) is 35.3 Å². The van der Waals surface area contributed by atoms with Crippen LogP contribution in [0.5, 0.6) is 0 Å². The number of rotatable bonds is 3. The molecule has 3 aromatic heterocycles. The molecule has 1 aliphatic rings. The fourth-order valence-electron chi connectivity index (χ4n) is 4.56. The van der Waals surface area contributed by atoms with E-state index >= 15 is 0 Å². The minimum Gasteiger partial charge on any atom is -0.417 e. The van der Waals surface area contributed by atoms with Crippen LogP contribution in [0.3, 0.4) is 0 Å². The molecule has 162 valence electrons. The van der Waals surface area contributed by atoms with Gasteiger partial charge in [-0.05, 0) is 55.0 Å². The van der Waals surface area contributed by atoms with Crippen molar-refractivity contribution in [1.82, 2.24) is 25.1 Å². The van der Waals surface area contributed by atoms with Crippen molar-refractivity contribution in [2.75, 3.05) is 6.54 Å². The quantitative estimate of drug-likeness (QED) is 0.387. The summed E-state index contributed by atoms with van der Waals surface area (Å²) >= 11 is 0. The Hall–Kier alpha value is -4.13. The Bertz CT molecular complexity index is 1470. The van der Waals surface area contributed by atoms with E-state index in [9.17, 15) is 4.79 Å². The molecule has 1 fully saturated rings. The second-order valence-corrected chi connectivity index (χ2v) is 8.25. The lowest BCUT2D eigenvalue weighted by Gasteiger charge is -2.33. The summed E-state index contributed by atoms with van der Waals surface area (Å²) in [6.07, 6.45) is 6.23. The first kappa shape index (κ1) is 19.5. The average molecular weight is 435 g/mol. The number of amides is 1. The topological polar surface area (TPSA) is 85.0 Å². The minimum absolute atomic E-state index is 0.0338. The summed E-state index contributed by atoms with van der Waals surface area (Å²) in [5.41, 5.74) is 2.16. The van der Waals surface area contributed by atoms with Crippen LogP contribution in [0.15, 0.2) is 77.5 Å². The highest BCUT2D eigenvalue weighted by molar-refractivity contribution is 5.98. The number of benzene rings is 2. The highest BCUT2D eigenvalue weighted by Gasteiger charge is 2.33. The maximum absolute atomic E-state index is 13.5. The van der Waals surface area contributed by atoms with Crippen LogP contribution in [-0.4, -0.2) is 37.5 Å². The third-order valence-electron chi connectivity index (χ3n) is 6.22. The van der Waals surface area contributed by atoms with Crippen LogP contribution >= 0.6 is 0 Å². The first-order chi connectivity index (χ1) is 16.3. The van der Waals surface area contributed by atoms with Gasteiger partial charge in [-0.1, -0.05) is 30.3 Å². The zero-order valence-corrected chi connectivity index (χ0v) is 17.9. The van der Waals surface area contributed by atoms with Crippen LogP contribution < -0.4 is 0 Å². The molecule has 1 aliphatic heterocycles. The van der Waals surface area contributed by atoms with Gasteiger partial charge in [0.05, 0.1) is 5.52 Å². The molecule has 0 unspecified atom stereocenters. The third kappa shape index (κ3) is 3.51. The van der Waals surface area contributed by atoms with Crippen molar-refractivity contribution >= 4 is 27.6 Å². The van der Waals surface area contributed by atoms with E-state index in [1.165, 1.54) is 0 Å². The van der Waals surface area contributed by atoms with E-state index in [2.05, 4.69) is 20.2 Å². The molecule has 33 heavy (non-hydrogen) atoms. The fourth-order valence-corrected chi connectivity index (χ4v) is 4.56. The molecule has 5 aromatic rings. The summed E-state index contributed by atoms with van der Waals surface area (Å²) in [6.45, 7) is 0.652. The normalized spacial score (nSPS) is 16.4. The molecule has 0 N–H and O–H groups in total. The summed E-state index contributed by atoms with van der Waals surface area (Å²) in [4.78, 5) is 24.2. The number of nitrogens with zero attached hydrogens (tertiary/aromatic N) is 5. The van der Waals surface area contributed by atoms with E-state index in [0.717, 1.165) is 40.9 Å². The van der Waals surface area contributed by atoms with Gasteiger partial charge in [-0.25, -0.2) is 0 Å². The van der Waals surface area contributed by atoms with Crippen LogP contribution in [0, 0.1) is 0 Å². The lowest BCUT2D eigenvalue weighted by molar-refractivity contribution is 0.0572. The smallest absolute Gasteiger partial charge is 0.267 e. The maximum atomic E-state index is 13.5. The Kier molecular flexibility index (Phi) is 4.79. The van der Waals surface area contributed by atoms with Crippen molar-refractivity contribution in [3.05, 3.63) is 84.5 Å². The summed E-state index contributed by atoms with van der Waals surface area (Å²) in [6, 6.07) is 19.1. The number of hydrogen-bond donors (Lipinski definition) is 0. The number of carbonyl (C=O) groups is 1. The Morgan fingerprint density at radius 3 is 2.79 bits per heavy atom. The van der Waals surface area contributed by atoms with Gasteiger partial charge >= 0.3 is 0 Å². The Balaban J connectivity index is 1.34. The molecule has 0 spiro atoms. The van der Waals surface area contributed by atoms with Crippen molar-refractivity contribution in [2.45, 2.75) is 25.3 Å². The van der Waals surface area contributed by atoms with E-state index in [4.69, 9.17) is 4.42 Å². The highest BCUT2D eigenvalue weighted by Crippen LogP contribution is 2.34. The third-order valence-corrected chi connectivity index (χ3v) is 6.22. The molecular formula is C26H21N5O2. The first-order valence-corrected chi connectivity index (χ1v) is 11.1. The van der Waals surface area contributed by atoms with Gasteiger partial charge in [0.15, 0.2) is 0 Å². The predicted octanol–water partition coefficient (Wildman–Crippen LogP) is 5.20. The van der Waals surface area contributed by atoms with E-state index in [1.54, 1.807) is 12.4 Å². The summed E-state index contributed by atoms with van der Waals surface area (Å²) in [5, 5.41) is 11.6. The first-order valence-electron chi connectivity index (χ1n) is 11.1. The number of piperidine rings is 1. The molecule has 6 rings (SSSR count). The van der Waals surface area contributed by atoms with Crippen LogP contribution in [0.25, 0.3) is 33.3 Å². The standard InChI is InChI=1S/C26H21N5O2/c32-26(19-10-11-21-18(16-19)7-5-13-27-21)31-15-4-3-9-22(31)24-29-30-25(33-24)23-20-8-2-1-6-17(20)12-14-28-23/h1-2,5-8,10-14,16,22H,3-4,9,15H2/t22-/m1/s1. The molecule has 1 atom stereocenters. The minimum atomic E-state index is -0.257. The van der Waals surface area contributed by atoms with Gasteiger partial charge in [0.2, 0.25) is 5.89 Å².